The van der Waals surface area contributed by atoms with Gasteiger partial charge in [0, 0.05) is 9.50 Å². The quantitative estimate of drug-likeness (QED) is 0.509. The summed E-state index contributed by atoms with van der Waals surface area (Å²) in [5.41, 5.74) is 0. The van der Waals surface area contributed by atoms with Gasteiger partial charge in [-0.05, 0) is 42.5 Å². The molecule has 0 bridgehead atoms. The summed E-state index contributed by atoms with van der Waals surface area (Å²) < 4.78 is 30.1. The molecule has 2 rings (SSSR count). The first kappa shape index (κ1) is 18.3. The Hall–Kier alpha value is -1.08. The van der Waals surface area contributed by atoms with Crippen molar-refractivity contribution >= 4 is 54.9 Å². The van der Waals surface area contributed by atoms with E-state index in [1.165, 1.54) is 30.3 Å². The highest BCUT2D eigenvalue weighted by atomic mass is 79.9. The monoisotopic (exact) mass is 436 g/mol. The molecule has 8 heteroatoms. The van der Waals surface area contributed by atoms with Gasteiger partial charge in [-0.15, -0.1) is 0 Å². The second-order valence-corrected chi connectivity index (χ2v) is 8.44. The zero-order chi connectivity index (χ0) is 17.0. The third-order valence-corrected chi connectivity index (χ3v) is 5.64. The van der Waals surface area contributed by atoms with E-state index < -0.39 is 15.8 Å². The predicted molar refractivity (Wildman–Crippen MR) is 92.9 cm³/mol. The van der Waals surface area contributed by atoms with Crippen LogP contribution in [0.3, 0.4) is 0 Å². The third kappa shape index (κ3) is 5.21. The highest BCUT2D eigenvalue weighted by Crippen LogP contribution is 2.28. The molecule has 0 aliphatic heterocycles. The first-order chi connectivity index (χ1) is 10.8. The van der Waals surface area contributed by atoms with Crippen LogP contribution in [-0.2, 0) is 14.6 Å². The van der Waals surface area contributed by atoms with Crippen molar-refractivity contribution in [2.24, 2.45) is 0 Å². The van der Waals surface area contributed by atoms with Gasteiger partial charge in [0.25, 0.3) is 0 Å². The first-order valence-corrected chi connectivity index (χ1v) is 9.62. The smallest absolute Gasteiger partial charge is 0.312 e. The fraction of sp³-hybridized carbons (Fsp3) is 0.133. The number of benzene rings is 2. The minimum Gasteiger partial charge on any atom is -0.425 e. The summed E-state index contributed by atoms with van der Waals surface area (Å²) in [5, 5.41) is 0.696. The summed E-state index contributed by atoms with van der Waals surface area (Å²) in [4.78, 5) is 11.9. The minimum absolute atomic E-state index is 0.108. The van der Waals surface area contributed by atoms with Gasteiger partial charge in [0.15, 0.2) is 9.84 Å². The molecule has 2 aromatic carbocycles. The Morgan fingerprint density at radius 3 is 2.35 bits per heavy atom. The van der Waals surface area contributed by atoms with Crippen molar-refractivity contribution in [3.05, 3.63) is 57.0 Å². The van der Waals surface area contributed by atoms with Gasteiger partial charge < -0.3 is 4.74 Å². The van der Waals surface area contributed by atoms with E-state index >= 15 is 0 Å². The van der Waals surface area contributed by atoms with E-state index in [0.717, 1.165) is 4.47 Å². The van der Waals surface area contributed by atoms with Crippen LogP contribution in [0, 0.1) is 0 Å². The van der Waals surface area contributed by atoms with E-state index in [4.69, 9.17) is 27.9 Å². The lowest BCUT2D eigenvalue weighted by Gasteiger charge is -2.07. The first-order valence-electron chi connectivity index (χ1n) is 6.42. The van der Waals surface area contributed by atoms with Crippen LogP contribution in [0.4, 0.5) is 0 Å². The molecule has 0 radical (unpaired) electrons. The van der Waals surface area contributed by atoms with Crippen molar-refractivity contribution in [2.75, 3.05) is 5.75 Å². The summed E-state index contributed by atoms with van der Waals surface area (Å²) in [6.45, 7) is 0. The van der Waals surface area contributed by atoms with E-state index in [1.807, 2.05) is 0 Å². The van der Waals surface area contributed by atoms with Crippen LogP contribution in [0.25, 0.3) is 0 Å². The molecule has 0 aliphatic carbocycles. The van der Waals surface area contributed by atoms with E-state index in [-0.39, 0.29) is 27.8 Å². The van der Waals surface area contributed by atoms with Crippen molar-refractivity contribution in [3.63, 3.8) is 0 Å². The molecule has 0 aliphatic rings. The van der Waals surface area contributed by atoms with Gasteiger partial charge in [0.05, 0.1) is 22.1 Å². The Balaban J connectivity index is 1.99. The van der Waals surface area contributed by atoms with Gasteiger partial charge in [-0.3, -0.25) is 4.79 Å². The number of hydrogen-bond acceptors (Lipinski definition) is 4. The molecular formula is C15H11BrCl2O4S. The molecule has 0 aromatic heterocycles. The molecule has 122 valence electrons. The molecule has 0 saturated heterocycles. The topological polar surface area (TPSA) is 60.4 Å². The van der Waals surface area contributed by atoms with Gasteiger partial charge in [0.1, 0.15) is 5.75 Å². The number of carbonyl (C=O) groups excluding carboxylic acids is 1. The van der Waals surface area contributed by atoms with Crippen LogP contribution in [0.5, 0.6) is 5.75 Å². The molecule has 4 nitrogen and oxygen atoms in total. The van der Waals surface area contributed by atoms with Crippen molar-refractivity contribution in [2.45, 2.75) is 11.3 Å². The summed E-state index contributed by atoms with van der Waals surface area (Å²) in [6.07, 6.45) is -0.280. The molecule has 0 heterocycles. The maximum absolute atomic E-state index is 12.1. The number of carbonyl (C=O) groups is 1. The lowest BCUT2D eigenvalue weighted by atomic mass is 10.3. The molecule has 0 fully saturated rings. The van der Waals surface area contributed by atoms with Crippen molar-refractivity contribution in [1.82, 2.24) is 0 Å². The number of hydrogen-bond donors (Lipinski definition) is 0. The Kier molecular flexibility index (Phi) is 6.08. The van der Waals surface area contributed by atoms with E-state index in [1.54, 1.807) is 12.1 Å². The second-order valence-electron chi connectivity index (χ2n) is 4.57. The van der Waals surface area contributed by atoms with Crippen LogP contribution in [-0.4, -0.2) is 20.1 Å². The Morgan fingerprint density at radius 2 is 1.74 bits per heavy atom. The van der Waals surface area contributed by atoms with Crippen molar-refractivity contribution in [1.29, 1.82) is 0 Å². The lowest BCUT2D eigenvalue weighted by molar-refractivity contribution is -0.133. The zero-order valence-electron chi connectivity index (χ0n) is 11.6. The fourth-order valence-corrected chi connectivity index (χ4v) is 3.77. The van der Waals surface area contributed by atoms with Gasteiger partial charge >= 0.3 is 5.97 Å². The van der Waals surface area contributed by atoms with Gasteiger partial charge in [-0.1, -0.05) is 39.1 Å². The van der Waals surface area contributed by atoms with Gasteiger partial charge in [-0.25, -0.2) is 8.42 Å². The largest absolute Gasteiger partial charge is 0.425 e. The number of ether oxygens (including phenoxy) is 1. The molecule has 0 atom stereocenters. The number of halogens is 3. The third-order valence-electron chi connectivity index (χ3n) is 2.87. The minimum atomic E-state index is -3.58. The Bertz CT molecular complexity index is 820. The van der Waals surface area contributed by atoms with E-state index in [0.29, 0.717) is 5.02 Å². The molecule has 0 amide bonds. The summed E-state index contributed by atoms with van der Waals surface area (Å²) >= 11 is 14.9. The lowest BCUT2D eigenvalue weighted by Crippen LogP contribution is -2.15. The van der Waals surface area contributed by atoms with Crippen LogP contribution in [0.2, 0.25) is 10.0 Å². The predicted octanol–water partition coefficient (Wildman–Crippen LogP) is 4.53. The maximum Gasteiger partial charge on any atom is 0.312 e. The summed E-state index contributed by atoms with van der Waals surface area (Å²) in [7, 11) is -3.58. The standard InChI is InChI=1S/C15H11BrCl2O4S/c16-10-1-6-14(13(18)9-10)22-15(19)7-8-23(20,21)12-4-2-11(17)3-5-12/h1-6,9H,7-8H2. The second kappa shape index (κ2) is 7.66. The van der Waals surface area contributed by atoms with E-state index in [2.05, 4.69) is 15.9 Å². The number of sulfone groups is 1. The highest BCUT2D eigenvalue weighted by Gasteiger charge is 2.18. The average molecular weight is 438 g/mol. The van der Waals surface area contributed by atoms with Crippen molar-refractivity contribution in [3.8, 4) is 5.75 Å². The number of esters is 1. The van der Waals surface area contributed by atoms with Gasteiger partial charge in [0.2, 0.25) is 0 Å². The Morgan fingerprint density at radius 1 is 1.09 bits per heavy atom. The summed E-state index contributed by atoms with van der Waals surface area (Å²) in [6, 6.07) is 10.5. The van der Waals surface area contributed by atoms with Crippen LogP contribution in [0.15, 0.2) is 51.8 Å². The molecule has 0 spiro atoms. The molecule has 0 saturated carbocycles. The molecule has 0 N–H and O–H groups in total. The molecule has 2 aromatic rings. The molecule has 23 heavy (non-hydrogen) atoms. The van der Waals surface area contributed by atoms with Crippen LogP contribution < -0.4 is 4.74 Å². The Labute approximate surface area is 152 Å². The van der Waals surface area contributed by atoms with Crippen molar-refractivity contribution < 1.29 is 17.9 Å². The SMILES string of the molecule is O=C(CCS(=O)(=O)c1ccc(Cl)cc1)Oc1ccc(Br)cc1Cl. The maximum atomic E-state index is 12.1. The molecular weight excluding hydrogens is 427 g/mol. The highest BCUT2D eigenvalue weighted by molar-refractivity contribution is 9.10. The fourth-order valence-electron chi connectivity index (χ4n) is 1.71. The normalized spacial score (nSPS) is 11.3. The van der Waals surface area contributed by atoms with Crippen LogP contribution in [0.1, 0.15) is 6.42 Å². The molecule has 0 unspecified atom stereocenters. The summed E-state index contributed by atoms with van der Waals surface area (Å²) in [5.74, 6) is -0.850. The van der Waals surface area contributed by atoms with Gasteiger partial charge in [-0.2, -0.15) is 0 Å². The van der Waals surface area contributed by atoms with Crippen LogP contribution >= 0.6 is 39.1 Å². The average Bonchev–Trinajstić information content (AvgIpc) is 2.49. The number of rotatable bonds is 5. The van der Waals surface area contributed by atoms with E-state index in [9.17, 15) is 13.2 Å². The zero-order valence-corrected chi connectivity index (χ0v) is 15.5.